The zero-order valence-electron chi connectivity index (χ0n) is 7.53. The predicted octanol–water partition coefficient (Wildman–Crippen LogP) is 0.175. The number of nitrogens with one attached hydrogen (secondary N) is 1. The van der Waals surface area contributed by atoms with Gasteiger partial charge in [-0.05, 0) is 6.92 Å². The van der Waals surface area contributed by atoms with E-state index in [4.69, 9.17) is 5.73 Å². The molecule has 0 radical (unpaired) electrons. The van der Waals surface area contributed by atoms with Crippen LogP contribution in [0.5, 0.6) is 0 Å². The molecule has 0 spiro atoms. The number of anilines is 1. The average molecular weight is 188 g/mol. The first-order valence-corrected chi connectivity index (χ1v) is 4.08. The van der Waals surface area contributed by atoms with Crippen LogP contribution in [0.2, 0.25) is 0 Å². The van der Waals surface area contributed by atoms with Crippen LogP contribution in [0.25, 0.3) is 0 Å². The van der Waals surface area contributed by atoms with Gasteiger partial charge in [0.2, 0.25) is 5.95 Å². The van der Waals surface area contributed by atoms with Crippen LogP contribution >= 0.6 is 0 Å². The summed E-state index contributed by atoms with van der Waals surface area (Å²) in [5, 5.41) is 0. The quantitative estimate of drug-likeness (QED) is 0.569. The van der Waals surface area contributed by atoms with E-state index in [0.29, 0.717) is 11.4 Å². The highest BCUT2D eigenvalue weighted by atomic mass is 16.1. The van der Waals surface area contributed by atoms with Gasteiger partial charge in [-0.15, -0.1) is 5.92 Å². The monoisotopic (exact) mass is 188 g/mol. The molecule has 2 heterocycles. The van der Waals surface area contributed by atoms with Crippen molar-refractivity contribution >= 4 is 18.0 Å². The van der Waals surface area contributed by atoms with Crippen LogP contribution in [-0.4, -0.2) is 16.2 Å². The molecule has 0 fully saturated rings. The standard InChI is InChI=1S/C9H8N4O/c1-2-3-5-4-11-7-6(5)8(14)13-9(10)12-7/h4-5H,1H3,(H3,10,12,13,14). The summed E-state index contributed by atoms with van der Waals surface area (Å²) in [4.78, 5) is 21.8. The first kappa shape index (κ1) is 8.51. The van der Waals surface area contributed by atoms with Crippen molar-refractivity contribution in [2.24, 2.45) is 4.99 Å². The van der Waals surface area contributed by atoms with Gasteiger partial charge in [-0.1, -0.05) is 5.92 Å². The van der Waals surface area contributed by atoms with Crippen LogP contribution in [0.15, 0.2) is 9.79 Å². The number of rotatable bonds is 0. The van der Waals surface area contributed by atoms with Crippen LogP contribution in [-0.2, 0) is 0 Å². The van der Waals surface area contributed by atoms with Gasteiger partial charge < -0.3 is 5.73 Å². The lowest BCUT2D eigenvalue weighted by atomic mass is 10.1. The number of hydrogen-bond donors (Lipinski definition) is 2. The first-order chi connectivity index (χ1) is 6.72. The van der Waals surface area contributed by atoms with E-state index in [1.54, 1.807) is 13.1 Å². The highest BCUT2D eigenvalue weighted by Gasteiger charge is 2.22. The van der Waals surface area contributed by atoms with E-state index in [0.717, 1.165) is 0 Å². The van der Waals surface area contributed by atoms with Crippen molar-refractivity contribution in [1.29, 1.82) is 0 Å². The van der Waals surface area contributed by atoms with Crippen LogP contribution < -0.4 is 11.3 Å². The topological polar surface area (TPSA) is 84.1 Å². The zero-order valence-corrected chi connectivity index (χ0v) is 7.53. The van der Waals surface area contributed by atoms with Crippen molar-refractivity contribution in [3.63, 3.8) is 0 Å². The fraction of sp³-hybridized carbons (Fsp3) is 0.222. The molecule has 0 saturated heterocycles. The zero-order chi connectivity index (χ0) is 10.1. The number of fused-ring (bicyclic) bond motifs is 1. The SMILES string of the molecule is CC#CC1C=Nc2nc(N)[nH]c(=O)c21. The number of nitrogens with two attached hydrogens (primary N) is 1. The van der Waals surface area contributed by atoms with Crippen LogP contribution in [0.3, 0.4) is 0 Å². The Kier molecular flexibility index (Phi) is 1.82. The van der Waals surface area contributed by atoms with Crippen LogP contribution in [0, 0.1) is 11.8 Å². The minimum absolute atomic E-state index is 0.0796. The van der Waals surface area contributed by atoms with Crippen molar-refractivity contribution < 1.29 is 0 Å². The molecule has 1 unspecified atom stereocenters. The summed E-state index contributed by atoms with van der Waals surface area (Å²) in [7, 11) is 0. The second-order valence-corrected chi connectivity index (χ2v) is 2.84. The van der Waals surface area contributed by atoms with Gasteiger partial charge in [0.05, 0.1) is 11.5 Å². The van der Waals surface area contributed by atoms with Crippen molar-refractivity contribution in [3.8, 4) is 11.8 Å². The number of aromatic nitrogens is 2. The molecule has 1 aliphatic rings. The Bertz CT molecular complexity index is 518. The molecule has 0 aliphatic carbocycles. The molecule has 0 bridgehead atoms. The average Bonchev–Trinajstić information content (AvgIpc) is 2.49. The van der Waals surface area contributed by atoms with E-state index >= 15 is 0 Å². The molecule has 14 heavy (non-hydrogen) atoms. The summed E-state index contributed by atoms with van der Waals surface area (Å²) in [5.74, 6) is 5.80. The Hall–Kier alpha value is -2.09. The molecule has 1 atom stereocenters. The maximum Gasteiger partial charge on any atom is 0.259 e. The molecule has 1 aromatic heterocycles. The van der Waals surface area contributed by atoms with Gasteiger partial charge in [-0.25, -0.2) is 4.99 Å². The summed E-state index contributed by atoms with van der Waals surface area (Å²) in [6.45, 7) is 1.71. The molecule has 5 heteroatoms. The Balaban J connectivity index is 2.63. The molecule has 1 aliphatic heterocycles. The maximum absolute atomic E-state index is 11.5. The number of nitrogens with zero attached hydrogens (tertiary/aromatic N) is 2. The minimum atomic E-state index is -0.266. The summed E-state index contributed by atoms with van der Waals surface area (Å²) in [5.41, 5.74) is 5.59. The fourth-order valence-electron chi connectivity index (χ4n) is 1.35. The maximum atomic E-state index is 11.5. The van der Waals surface area contributed by atoms with E-state index < -0.39 is 0 Å². The van der Waals surface area contributed by atoms with Crippen LogP contribution in [0.4, 0.5) is 11.8 Å². The van der Waals surface area contributed by atoms with Gasteiger partial charge in [0.15, 0.2) is 5.82 Å². The first-order valence-electron chi connectivity index (χ1n) is 4.08. The summed E-state index contributed by atoms with van der Waals surface area (Å²) < 4.78 is 0. The Labute approximate surface area is 80.1 Å². The summed E-state index contributed by atoms with van der Waals surface area (Å²) in [6, 6.07) is 0. The predicted molar refractivity (Wildman–Crippen MR) is 53.6 cm³/mol. The van der Waals surface area contributed by atoms with Gasteiger partial charge >= 0.3 is 0 Å². The summed E-state index contributed by atoms with van der Waals surface area (Å²) >= 11 is 0. The van der Waals surface area contributed by atoms with Gasteiger partial charge in [0.1, 0.15) is 0 Å². The van der Waals surface area contributed by atoms with E-state index in [9.17, 15) is 4.79 Å². The van der Waals surface area contributed by atoms with Gasteiger partial charge in [-0.3, -0.25) is 9.78 Å². The van der Waals surface area contributed by atoms with Crippen molar-refractivity contribution in [2.45, 2.75) is 12.8 Å². The van der Waals surface area contributed by atoms with Crippen LogP contribution in [0.1, 0.15) is 18.4 Å². The summed E-state index contributed by atoms with van der Waals surface area (Å²) in [6.07, 6.45) is 1.60. The highest BCUT2D eigenvalue weighted by Crippen LogP contribution is 2.26. The molecule has 5 nitrogen and oxygen atoms in total. The molecule has 70 valence electrons. The van der Waals surface area contributed by atoms with Crippen molar-refractivity contribution in [1.82, 2.24) is 9.97 Å². The third-order valence-electron chi connectivity index (χ3n) is 1.91. The molecule has 2 rings (SSSR count). The number of hydrogen-bond acceptors (Lipinski definition) is 4. The van der Waals surface area contributed by atoms with E-state index in [2.05, 4.69) is 26.8 Å². The van der Waals surface area contributed by atoms with Gasteiger partial charge in [0.25, 0.3) is 5.56 Å². The second kappa shape index (κ2) is 3.00. The Morgan fingerprint density at radius 1 is 1.64 bits per heavy atom. The number of aliphatic imine (C=N–C) groups is 1. The minimum Gasteiger partial charge on any atom is -0.369 e. The molecule has 0 amide bonds. The normalized spacial score (nSPS) is 17.4. The molecular weight excluding hydrogens is 180 g/mol. The molecule has 3 N–H and O–H groups in total. The van der Waals surface area contributed by atoms with E-state index in [1.807, 2.05) is 0 Å². The molecule has 1 aromatic rings. The molecule has 0 aromatic carbocycles. The fourth-order valence-corrected chi connectivity index (χ4v) is 1.35. The van der Waals surface area contributed by atoms with E-state index in [-0.39, 0.29) is 17.4 Å². The van der Waals surface area contributed by atoms with Crippen molar-refractivity contribution in [3.05, 3.63) is 15.9 Å². The highest BCUT2D eigenvalue weighted by molar-refractivity contribution is 5.82. The Morgan fingerprint density at radius 3 is 3.14 bits per heavy atom. The number of H-pyrrole nitrogens is 1. The largest absolute Gasteiger partial charge is 0.369 e. The number of nitrogen functional groups attached to an aromatic ring is 1. The lowest BCUT2D eigenvalue weighted by Gasteiger charge is -2.00. The third-order valence-corrected chi connectivity index (χ3v) is 1.91. The number of aromatic amines is 1. The van der Waals surface area contributed by atoms with Gasteiger partial charge in [0, 0.05) is 6.21 Å². The second-order valence-electron chi connectivity index (χ2n) is 2.84. The van der Waals surface area contributed by atoms with E-state index in [1.165, 1.54) is 0 Å². The third kappa shape index (κ3) is 1.17. The molecular formula is C9H8N4O. The lowest BCUT2D eigenvalue weighted by Crippen LogP contribution is -2.17. The smallest absolute Gasteiger partial charge is 0.259 e. The lowest BCUT2D eigenvalue weighted by molar-refractivity contribution is 1.06. The van der Waals surface area contributed by atoms with Crippen molar-refractivity contribution in [2.75, 3.05) is 5.73 Å². The molecule has 0 saturated carbocycles. The Morgan fingerprint density at radius 2 is 2.43 bits per heavy atom. The van der Waals surface area contributed by atoms with Gasteiger partial charge in [-0.2, -0.15) is 4.98 Å².